The molecular formula is C17H15Cl2NO4. The van der Waals surface area contributed by atoms with Crippen LogP contribution in [-0.2, 0) is 9.53 Å². The molecule has 0 saturated heterocycles. The lowest BCUT2D eigenvalue weighted by Crippen LogP contribution is -2.21. The average molecular weight is 368 g/mol. The highest BCUT2D eigenvalue weighted by atomic mass is 35.5. The molecule has 0 aliphatic carbocycles. The van der Waals surface area contributed by atoms with E-state index in [0.717, 1.165) is 0 Å². The molecular weight excluding hydrogens is 353 g/mol. The Morgan fingerprint density at radius 2 is 1.83 bits per heavy atom. The van der Waals surface area contributed by atoms with Gasteiger partial charge in [-0.3, -0.25) is 4.79 Å². The highest BCUT2D eigenvalue weighted by molar-refractivity contribution is 6.42. The number of benzene rings is 2. The average Bonchev–Trinajstić information content (AvgIpc) is 2.57. The first kappa shape index (κ1) is 18.1. The standard InChI is InChI=1S/C17H15Cl2NO4/c1-2-23-15-6-4-3-5-12(15)17(22)24-10-16(21)20-11-7-8-13(18)14(19)9-11/h3-9H,2,10H2,1H3,(H,20,21). The fourth-order valence-electron chi connectivity index (χ4n) is 1.90. The normalized spacial score (nSPS) is 10.1. The Morgan fingerprint density at radius 3 is 2.54 bits per heavy atom. The van der Waals surface area contributed by atoms with E-state index in [0.29, 0.717) is 28.1 Å². The van der Waals surface area contributed by atoms with Crippen molar-refractivity contribution in [3.63, 3.8) is 0 Å². The minimum absolute atomic E-state index is 0.265. The Labute approximate surface area is 149 Å². The molecule has 0 aliphatic rings. The molecule has 0 fully saturated rings. The van der Waals surface area contributed by atoms with Gasteiger partial charge in [0.1, 0.15) is 11.3 Å². The molecule has 0 saturated carbocycles. The van der Waals surface area contributed by atoms with Gasteiger partial charge >= 0.3 is 5.97 Å². The number of para-hydroxylation sites is 1. The van der Waals surface area contributed by atoms with Gasteiger partial charge in [0.25, 0.3) is 5.91 Å². The predicted molar refractivity (Wildman–Crippen MR) is 93.0 cm³/mol. The summed E-state index contributed by atoms with van der Waals surface area (Å²) in [7, 11) is 0. The van der Waals surface area contributed by atoms with Crippen LogP contribution in [0.15, 0.2) is 42.5 Å². The van der Waals surface area contributed by atoms with Crippen molar-refractivity contribution in [1.82, 2.24) is 0 Å². The maximum atomic E-state index is 12.1. The lowest BCUT2D eigenvalue weighted by atomic mass is 10.2. The van der Waals surface area contributed by atoms with Crippen LogP contribution in [0.4, 0.5) is 5.69 Å². The van der Waals surface area contributed by atoms with Gasteiger partial charge in [-0.15, -0.1) is 0 Å². The van der Waals surface area contributed by atoms with E-state index < -0.39 is 18.5 Å². The molecule has 1 amide bonds. The number of halogens is 2. The zero-order valence-electron chi connectivity index (χ0n) is 12.8. The van der Waals surface area contributed by atoms with Gasteiger partial charge in [-0.2, -0.15) is 0 Å². The van der Waals surface area contributed by atoms with Crippen LogP contribution in [0, 0.1) is 0 Å². The molecule has 2 aromatic rings. The van der Waals surface area contributed by atoms with Crippen molar-refractivity contribution < 1.29 is 19.1 Å². The topological polar surface area (TPSA) is 64.6 Å². The van der Waals surface area contributed by atoms with Crippen LogP contribution >= 0.6 is 23.2 Å². The molecule has 0 radical (unpaired) electrons. The second-order valence-electron chi connectivity index (χ2n) is 4.68. The first-order valence-electron chi connectivity index (χ1n) is 7.15. The molecule has 2 aromatic carbocycles. The van der Waals surface area contributed by atoms with E-state index in [1.165, 1.54) is 6.07 Å². The fourth-order valence-corrected chi connectivity index (χ4v) is 2.19. The van der Waals surface area contributed by atoms with Crippen LogP contribution < -0.4 is 10.1 Å². The van der Waals surface area contributed by atoms with Crippen molar-refractivity contribution in [2.45, 2.75) is 6.92 Å². The van der Waals surface area contributed by atoms with Crippen molar-refractivity contribution in [3.05, 3.63) is 58.1 Å². The molecule has 126 valence electrons. The van der Waals surface area contributed by atoms with Gasteiger partial charge in [0.15, 0.2) is 6.61 Å². The maximum absolute atomic E-state index is 12.1. The number of carbonyl (C=O) groups is 2. The SMILES string of the molecule is CCOc1ccccc1C(=O)OCC(=O)Nc1ccc(Cl)c(Cl)c1. The van der Waals surface area contributed by atoms with Crippen LogP contribution in [0.2, 0.25) is 10.0 Å². The number of esters is 1. The first-order chi connectivity index (χ1) is 11.5. The summed E-state index contributed by atoms with van der Waals surface area (Å²) in [5.41, 5.74) is 0.724. The Hall–Kier alpha value is -2.24. The summed E-state index contributed by atoms with van der Waals surface area (Å²) in [5, 5.41) is 3.27. The summed E-state index contributed by atoms with van der Waals surface area (Å²) < 4.78 is 10.4. The zero-order chi connectivity index (χ0) is 17.5. The van der Waals surface area contributed by atoms with Gasteiger partial charge < -0.3 is 14.8 Å². The van der Waals surface area contributed by atoms with Crippen LogP contribution in [-0.4, -0.2) is 25.1 Å². The van der Waals surface area contributed by atoms with E-state index in [2.05, 4.69) is 5.32 Å². The van der Waals surface area contributed by atoms with E-state index in [9.17, 15) is 9.59 Å². The molecule has 0 heterocycles. The molecule has 1 N–H and O–H groups in total. The lowest BCUT2D eigenvalue weighted by Gasteiger charge is -2.10. The summed E-state index contributed by atoms with van der Waals surface area (Å²) in [6.45, 7) is 1.80. The van der Waals surface area contributed by atoms with Crippen molar-refractivity contribution in [1.29, 1.82) is 0 Å². The summed E-state index contributed by atoms with van der Waals surface area (Å²) in [5.74, 6) is -0.714. The number of carbonyl (C=O) groups excluding carboxylic acids is 2. The molecule has 0 spiro atoms. The van der Waals surface area contributed by atoms with Gasteiger partial charge in [0, 0.05) is 5.69 Å². The number of ether oxygens (including phenoxy) is 2. The second kappa shape index (κ2) is 8.57. The number of anilines is 1. The molecule has 0 aromatic heterocycles. The number of amides is 1. The number of hydrogen-bond acceptors (Lipinski definition) is 4. The highest BCUT2D eigenvalue weighted by Gasteiger charge is 2.15. The second-order valence-corrected chi connectivity index (χ2v) is 5.50. The Kier molecular flexibility index (Phi) is 6.46. The molecule has 5 nitrogen and oxygen atoms in total. The van der Waals surface area contributed by atoms with Gasteiger partial charge in [-0.1, -0.05) is 35.3 Å². The van der Waals surface area contributed by atoms with E-state index in [1.807, 2.05) is 6.92 Å². The van der Waals surface area contributed by atoms with E-state index >= 15 is 0 Å². The van der Waals surface area contributed by atoms with E-state index in [4.69, 9.17) is 32.7 Å². The molecule has 0 unspecified atom stereocenters. The smallest absolute Gasteiger partial charge is 0.342 e. The van der Waals surface area contributed by atoms with E-state index in [-0.39, 0.29) is 5.56 Å². The van der Waals surface area contributed by atoms with Gasteiger partial charge in [-0.25, -0.2) is 4.79 Å². The monoisotopic (exact) mass is 367 g/mol. The third-order valence-electron chi connectivity index (χ3n) is 2.94. The van der Waals surface area contributed by atoms with Crippen LogP contribution in [0.5, 0.6) is 5.75 Å². The summed E-state index contributed by atoms with van der Waals surface area (Å²) >= 11 is 11.7. The lowest BCUT2D eigenvalue weighted by molar-refractivity contribution is -0.119. The van der Waals surface area contributed by atoms with Crippen LogP contribution in [0.1, 0.15) is 17.3 Å². The molecule has 0 bridgehead atoms. The van der Waals surface area contributed by atoms with Crippen molar-refractivity contribution in [2.75, 3.05) is 18.5 Å². The molecule has 7 heteroatoms. The highest BCUT2D eigenvalue weighted by Crippen LogP contribution is 2.25. The van der Waals surface area contributed by atoms with Crippen molar-refractivity contribution in [3.8, 4) is 5.75 Å². The summed E-state index contributed by atoms with van der Waals surface area (Å²) in [4.78, 5) is 23.9. The number of rotatable bonds is 6. The quantitative estimate of drug-likeness (QED) is 0.777. The molecule has 2 rings (SSSR count). The van der Waals surface area contributed by atoms with Crippen LogP contribution in [0.3, 0.4) is 0 Å². The Morgan fingerprint density at radius 1 is 1.08 bits per heavy atom. The largest absolute Gasteiger partial charge is 0.493 e. The Balaban J connectivity index is 1.94. The van der Waals surface area contributed by atoms with Crippen molar-refractivity contribution in [2.24, 2.45) is 0 Å². The molecule has 0 atom stereocenters. The minimum atomic E-state index is -0.636. The van der Waals surface area contributed by atoms with Gasteiger partial charge in [-0.05, 0) is 37.3 Å². The van der Waals surface area contributed by atoms with E-state index in [1.54, 1.807) is 36.4 Å². The minimum Gasteiger partial charge on any atom is -0.493 e. The first-order valence-corrected chi connectivity index (χ1v) is 7.90. The summed E-state index contributed by atoms with van der Waals surface area (Å²) in [6.07, 6.45) is 0. The third kappa shape index (κ3) is 4.88. The van der Waals surface area contributed by atoms with Gasteiger partial charge in [0.05, 0.1) is 16.7 Å². The maximum Gasteiger partial charge on any atom is 0.342 e. The third-order valence-corrected chi connectivity index (χ3v) is 3.68. The Bertz CT molecular complexity index is 749. The summed E-state index contributed by atoms with van der Waals surface area (Å²) in [6, 6.07) is 11.3. The van der Waals surface area contributed by atoms with Crippen LogP contribution in [0.25, 0.3) is 0 Å². The fraction of sp³-hybridized carbons (Fsp3) is 0.176. The number of hydrogen-bond donors (Lipinski definition) is 1. The predicted octanol–water partition coefficient (Wildman–Crippen LogP) is 4.19. The zero-order valence-corrected chi connectivity index (χ0v) is 14.4. The molecule has 0 aliphatic heterocycles. The molecule has 24 heavy (non-hydrogen) atoms. The van der Waals surface area contributed by atoms with Gasteiger partial charge in [0.2, 0.25) is 0 Å². The van der Waals surface area contributed by atoms with Crippen molar-refractivity contribution >= 4 is 40.8 Å². The number of nitrogens with one attached hydrogen (secondary N) is 1.